The molecular formula is C16H25NO3. The number of esters is 1. The molecule has 0 aliphatic heterocycles. The van der Waals surface area contributed by atoms with Gasteiger partial charge in [-0.05, 0) is 24.8 Å². The maximum absolute atomic E-state index is 11.5. The lowest BCUT2D eigenvalue weighted by Crippen LogP contribution is -2.46. The van der Waals surface area contributed by atoms with Crippen molar-refractivity contribution in [2.75, 3.05) is 7.11 Å². The van der Waals surface area contributed by atoms with Crippen molar-refractivity contribution in [1.82, 2.24) is 5.32 Å². The highest BCUT2D eigenvalue weighted by Crippen LogP contribution is 2.17. The monoisotopic (exact) mass is 279 g/mol. The van der Waals surface area contributed by atoms with Crippen molar-refractivity contribution in [2.24, 2.45) is 5.92 Å². The number of nitrogens with one attached hydrogen (secondary N) is 1. The van der Waals surface area contributed by atoms with Crippen LogP contribution in [-0.2, 0) is 9.53 Å². The van der Waals surface area contributed by atoms with E-state index in [1.165, 1.54) is 7.11 Å². The molecule has 0 aliphatic carbocycles. The Balaban J connectivity index is 2.76. The molecule has 4 nitrogen and oxygen atoms in total. The Kier molecular flexibility index (Phi) is 6.68. The molecule has 0 saturated carbocycles. The molecule has 0 saturated heterocycles. The van der Waals surface area contributed by atoms with E-state index in [-0.39, 0.29) is 12.1 Å². The molecular weight excluding hydrogens is 254 g/mol. The molecule has 0 amide bonds. The van der Waals surface area contributed by atoms with Gasteiger partial charge >= 0.3 is 5.97 Å². The van der Waals surface area contributed by atoms with Gasteiger partial charge in [0.15, 0.2) is 6.10 Å². The summed E-state index contributed by atoms with van der Waals surface area (Å²) in [5.74, 6) is -0.224. The SMILES string of the molecule is COC(=O)[C@@H](O)[C@@H](CC(C)C)N[C@H](C)c1ccccc1. The van der Waals surface area contributed by atoms with Gasteiger partial charge in [0.2, 0.25) is 0 Å². The quantitative estimate of drug-likeness (QED) is 0.752. The summed E-state index contributed by atoms with van der Waals surface area (Å²) >= 11 is 0. The number of benzene rings is 1. The molecule has 3 atom stereocenters. The van der Waals surface area contributed by atoms with Crippen LogP contribution in [0.4, 0.5) is 0 Å². The average Bonchev–Trinajstić information content (AvgIpc) is 2.45. The van der Waals surface area contributed by atoms with Crippen molar-refractivity contribution >= 4 is 5.97 Å². The fraction of sp³-hybridized carbons (Fsp3) is 0.562. The molecule has 1 rings (SSSR count). The maximum atomic E-state index is 11.5. The highest BCUT2D eigenvalue weighted by molar-refractivity contribution is 5.75. The zero-order valence-electron chi connectivity index (χ0n) is 12.7. The summed E-state index contributed by atoms with van der Waals surface area (Å²) in [6, 6.07) is 9.69. The predicted molar refractivity (Wildman–Crippen MR) is 79.3 cm³/mol. The van der Waals surface area contributed by atoms with Gasteiger partial charge in [-0.2, -0.15) is 0 Å². The first-order valence-electron chi connectivity index (χ1n) is 7.02. The third-order valence-corrected chi connectivity index (χ3v) is 3.31. The molecule has 0 aromatic heterocycles. The number of hydrogen-bond acceptors (Lipinski definition) is 4. The van der Waals surface area contributed by atoms with Gasteiger partial charge in [0, 0.05) is 12.1 Å². The van der Waals surface area contributed by atoms with Gasteiger partial charge in [0.1, 0.15) is 0 Å². The first-order valence-corrected chi connectivity index (χ1v) is 7.02. The van der Waals surface area contributed by atoms with Crippen LogP contribution in [0.5, 0.6) is 0 Å². The molecule has 0 heterocycles. The molecule has 112 valence electrons. The highest BCUT2D eigenvalue weighted by Gasteiger charge is 2.28. The Bertz CT molecular complexity index is 405. The van der Waals surface area contributed by atoms with Gasteiger partial charge in [0.25, 0.3) is 0 Å². The molecule has 0 aliphatic rings. The van der Waals surface area contributed by atoms with Crippen LogP contribution in [0.25, 0.3) is 0 Å². The minimum atomic E-state index is -1.14. The van der Waals surface area contributed by atoms with Crippen molar-refractivity contribution in [3.8, 4) is 0 Å². The Labute approximate surface area is 121 Å². The number of rotatable bonds is 7. The third-order valence-electron chi connectivity index (χ3n) is 3.31. The largest absolute Gasteiger partial charge is 0.467 e. The number of aliphatic hydroxyl groups excluding tert-OH is 1. The van der Waals surface area contributed by atoms with Gasteiger partial charge in [0.05, 0.1) is 7.11 Å². The van der Waals surface area contributed by atoms with Gasteiger partial charge in [-0.25, -0.2) is 4.79 Å². The zero-order chi connectivity index (χ0) is 15.1. The van der Waals surface area contributed by atoms with Crippen molar-refractivity contribution < 1.29 is 14.6 Å². The van der Waals surface area contributed by atoms with Crippen molar-refractivity contribution in [1.29, 1.82) is 0 Å². The third kappa shape index (κ3) is 4.94. The summed E-state index contributed by atoms with van der Waals surface area (Å²) in [6.07, 6.45) is -0.443. The Morgan fingerprint density at radius 1 is 1.25 bits per heavy atom. The van der Waals surface area contributed by atoms with Crippen LogP contribution in [0.3, 0.4) is 0 Å². The van der Waals surface area contributed by atoms with Gasteiger partial charge < -0.3 is 15.2 Å². The lowest BCUT2D eigenvalue weighted by atomic mass is 9.97. The van der Waals surface area contributed by atoms with E-state index in [1.54, 1.807) is 0 Å². The van der Waals surface area contributed by atoms with Crippen LogP contribution >= 0.6 is 0 Å². The predicted octanol–water partition coefficient (Wildman–Crippen LogP) is 2.29. The second-order valence-electron chi connectivity index (χ2n) is 5.50. The average molecular weight is 279 g/mol. The topological polar surface area (TPSA) is 58.6 Å². The summed E-state index contributed by atoms with van der Waals surface area (Å²) in [7, 11) is 1.29. The summed E-state index contributed by atoms with van der Waals surface area (Å²) in [4.78, 5) is 11.5. The minimum Gasteiger partial charge on any atom is -0.467 e. The summed E-state index contributed by atoms with van der Waals surface area (Å²) in [5.41, 5.74) is 1.12. The van der Waals surface area contributed by atoms with Crippen molar-refractivity contribution in [3.05, 3.63) is 35.9 Å². The van der Waals surface area contributed by atoms with Gasteiger partial charge in [-0.1, -0.05) is 44.2 Å². The zero-order valence-corrected chi connectivity index (χ0v) is 12.7. The van der Waals surface area contributed by atoms with E-state index >= 15 is 0 Å². The molecule has 0 unspecified atom stereocenters. The van der Waals surface area contributed by atoms with Crippen molar-refractivity contribution in [3.63, 3.8) is 0 Å². The second kappa shape index (κ2) is 8.02. The number of aliphatic hydroxyl groups is 1. The lowest BCUT2D eigenvalue weighted by Gasteiger charge is -2.27. The molecule has 1 aromatic rings. The van der Waals surface area contributed by atoms with Crippen LogP contribution in [0.2, 0.25) is 0 Å². The van der Waals surface area contributed by atoms with E-state index in [0.717, 1.165) is 5.56 Å². The van der Waals surface area contributed by atoms with E-state index in [2.05, 4.69) is 23.9 Å². The van der Waals surface area contributed by atoms with Crippen molar-refractivity contribution in [2.45, 2.75) is 45.4 Å². The summed E-state index contributed by atoms with van der Waals surface area (Å²) in [5, 5.41) is 13.4. The number of carbonyl (C=O) groups excluding carboxylic acids is 1. The van der Waals surface area contributed by atoms with E-state index in [1.807, 2.05) is 37.3 Å². The number of carbonyl (C=O) groups is 1. The molecule has 4 heteroatoms. The second-order valence-corrected chi connectivity index (χ2v) is 5.50. The molecule has 0 spiro atoms. The number of hydrogen-bond donors (Lipinski definition) is 2. The van der Waals surface area contributed by atoms with Crippen LogP contribution < -0.4 is 5.32 Å². The summed E-state index contributed by atoms with van der Waals surface area (Å²) < 4.78 is 4.63. The van der Waals surface area contributed by atoms with E-state index < -0.39 is 12.1 Å². The summed E-state index contributed by atoms with van der Waals surface area (Å²) in [6.45, 7) is 6.14. The van der Waals surface area contributed by atoms with E-state index in [9.17, 15) is 9.90 Å². The molecule has 0 fully saturated rings. The molecule has 0 radical (unpaired) electrons. The smallest absolute Gasteiger partial charge is 0.336 e. The fourth-order valence-corrected chi connectivity index (χ4v) is 2.24. The van der Waals surface area contributed by atoms with E-state index in [4.69, 9.17) is 0 Å². The lowest BCUT2D eigenvalue weighted by molar-refractivity contribution is -0.152. The highest BCUT2D eigenvalue weighted by atomic mass is 16.5. The maximum Gasteiger partial charge on any atom is 0.336 e. The first-order chi connectivity index (χ1) is 9.45. The molecule has 2 N–H and O–H groups in total. The Morgan fingerprint density at radius 3 is 2.35 bits per heavy atom. The van der Waals surface area contributed by atoms with Gasteiger partial charge in [-0.15, -0.1) is 0 Å². The standard InChI is InChI=1S/C16H25NO3/c1-11(2)10-14(15(18)16(19)20-4)17-12(3)13-8-6-5-7-9-13/h5-9,11-12,14-15,17-18H,10H2,1-4H3/t12-,14-,15+/m1/s1. The number of methoxy groups -OCH3 is 1. The first kappa shape index (κ1) is 16.7. The van der Waals surface area contributed by atoms with Gasteiger partial charge in [-0.3, -0.25) is 0 Å². The van der Waals surface area contributed by atoms with E-state index in [0.29, 0.717) is 12.3 Å². The van der Waals surface area contributed by atoms with Crippen LogP contribution in [0, 0.1) is 5.92 Å². The van der Waals surface area contributed by atoms with Crippen LogP contribution in [0.1, 0.15) is 38.8 Å². The Hall–Kier alpha value is -1.39. The fourth-order valence-electron chi connectivity index (χ4n) is 2.24. The minimum absolute atomic E-state index is 0.0549. The number of ether oxygens (including phenoxy) is 1. The Morgan fingerprint density at radius 2 is 1.85 bits per heavy atom. The normalized spacial score (nSPS) is 15.7. The molecule has 0 bridgehead atoms. The molecule has 1 aromatic carbocycles. The van der Waals surface area contributed by atoms with Crippen LogP contribution in [-0.4, -0.2) is 30.3 Å². The van der Waals surface area contributed by atoms with Crippen LogP contribution in [0.15, 0.2) is 30.3 Å². The molecule has 20 heavy (non-hydrogen) atoms.